The third-order valence-electron chi connectivity index (χ3n) is 2.69. The van der Waals surface area contributed by atoms with E-state index in [4.69, 9.17) is 14.2 Å². The first kappa shape index (κ1) is 13.9. The lowest BCUT2D eigenvalue weighted by molar-refractivity contribution is 0.308. The molecule has 1 heterocycles. The van der Waals surface area contributed by atoms with E-state index < -0.39 is 0 Å². The summed E-state index contributed by atoms with van der Waals surface area (Å²) in [5.74, 6) is 1.45. The van der Waals surface area contributed by atoms with Crippen LogP contribution in [0.3, 0.4) is 0 Å². The second-order valence-electron chi connectivity index (χ2n) is 3.94. The van der Waals surface area contributed by atoms with Gasteiger partial charge in [0.25, 0.3) is 11.8 Å². The molecule has 0 atom stereocenters. The third-order valence-corrected chi connectivity index (χ3v) is 2.69. The number of anilines is 1. The van der Waals surface area contributed by atoms with Gasteiger partial charge in [-0.15, -0.1) is 0 Å². The largest absolute Gasteiger partial charge is 0.487 e. The molecule has 0 bridgehead atoms. The minimum atomic E-state index is 0.329. The number of rotatable bonds is 6. The van der Waals surface area contributed by atoms with Crippen LogP contribution in [0.4, 0.5) is 5.95 Å². The molecule has 1 N–H and O–H groups in total. The molecule has 2 aromatic rings. The average Bonchev–Trinajstić information content (AvgIpc) is 2.52. The Hall–Kier alpha value is -2.50. The molecule has 106 valence electrons. The van der Waals surface area contributed by atoms with Crippen LogP contribution in [0, 0.1) is 0 Å². The van der Waals surface area contributed by atoms with Crippen molar-refractivity contribution < 1.29 is 14.2 Å². The van der Waals surface area contributed by atoms with Crippen molar-refractivity contribution >= 4 is 5.95 Å². The van der Waals surface area contributed by atoms with E-state index in [1.807, 2.05) is 30.3 Å². The van der Waals surface area contributed by atoms with E-state index in [0.29, 0.717) is 30.0 Å². The van der Waals surface area contributed by atoms with Crippen molar-refractivity contribution in [3.8, 4) is 17.5 Å². The van der Waals surface area contributed by atoms with Crippen molar-refractivity contribution in [3.05, 3.63) is 35.9 Å². The van der Waals surface area contributed by atoms with Crippen LogP contribution in [-0.4, -0.2) is 31.3 Å². The molecule has 20 heavy (non-hydrogen) atoms. The van der Waals surface area contributed by atoms with E-state index in [2.05, 4.69) is 15.3 Å². The van der Waals surface area contributed by atoms with Gasteiger partial charge in [-0.1, -0.05) is 30.3 Å². The molecule has 0 aliphatic heterocycles. The maximum absolute atomic E-state index is 5.18. The topological polar surface area (TPSA) is 65.5 Å². The highest BCUT2D eigenvalue weighted by Crippen LogP contribution is 2.34. The molecule has 0 unspecified atom stereocenters. The fourth-order valence-electron chi connectivity index (χ4n) is 1.72. The van der Waals surface area contributed by atoms with Gasteiger partial charge >= 0.3 is 0 Å². The molecule has 0 saturated heterocycles. The summed E-state index contributed by atoms with van der Waals surface area (Å²) in [5, 5.41) is 3.12. The van der Waals surface area contributed by atoms with Gasteiger partial charge in [-0.2, -0.15) is 9.97 Å². The van der Waals surface area contributed by atoms with E-state index in [0.717, 1.165) is 5.56 Å². The van der Waals surface area contributed by atoms with Crippen LogP contribution >= 0.6 is 0 Å². The predicted octanol–water partition coefficient (Wildman–Crippen LogP) is 2.11. The normalized spacial score (nSPS) is 9.95. The summed E-state index contributed by atoms with van der Waals surface area (Å²) in [5.41, 5.74) is 1.13. The number of hydrogen-bond acceptors (Lipinski definition) is 6. The number of methoxy groups -OCH3 is 3. The molecule has 0 spiro atoms. The zero-order valence-corrected chi connectivity index (χ0v) is 11.7. The van der Waals surface area contributed by atoms with Gasteiger partial charge in [0.05, 0.1) is 21.3 Å². The Balaban J connectivity index is 2.19. The fourth-order valence-corrected chi connectivity index (χ4v) is 1.72. The Morgan fingerprint density at radius 2 is 1.50 bits per heavy atom. The Kier molecular flexibility index (Phi) is 4.60. The van der Waals surface area contributed by atoms with Crippen molar-refractivity contribution in [2.45, 2.75) is 6.54 Å². The van der Waals surface area contributed by atoms with Crippen LogP contribution in [-0.2, 0) is 6.54 Å². The highest BCUT2D eigenvalue weighted by Gasteiger charge is 2.16. The van der Waals surface area contributed by atoms with Gasteiger partial charge in [-0.05, 0) is 5.56 Å². The number of nitrogens with one attached hydrogen (secondary N) is 1. The molecule has 0 aliphatic carbocycles. The van der Waals surface area contributed by atoms with Crippen molar-refractivity contribution in [3.63, 3.8) is 0 Å². The summed E-state index contributed by atoms with van der Waals surface area (Å²) in [6.45, 7) is 0.611. The van der Waals surface area contributed by atoms with Crippen LogP contribution in [0.2, 0.25) is 0 Å². The molecule has 2 rings (SSSR count). The first-order chi connectivity index (χ1) is 9.78. The summed E-state index contributed by atoms with van der Waals surface area (Å²) in [7, 11) is 4.55. The quantitative estimate of drug-likeness (QED) is 0.871. The van der Waals surface area contributed by atoms with Crippen molar-refractivity contribution in [2.75, 3.05) is 26.6 Å². The Morgan fingerprint density at radius 3 is 2.00 bits per heavy atom. The molecule has 6 nitrogen and oxygen atoms in total. The molecule has 0 saturated carbocycles. The molecule has 6 heteroatoms. The molecule has 0 amide bonds. The van der Waals surface area contributed by atoms with Crippen LogP contribution in [0.1, 0.15) is 5.56 Å². The monoisotopic (exact) mass is 275 g/mol. The third kappa shape index (κ3) is 3.09. The first-order valence-corrected chi connectivity index (χ1v) is 6.10. The van der Waals surface area contributed by atoms with E-state index in [9.17, 15) is 0 Å². The minimum Gasteiger partial charge on any atom is -0.487 e. The van der Waals surface area contributed by atoms with Crippen LogP contribution < -0.4 is 19.5 Å². The maximum atomic E-state index is 5.18. The van der Waals surface area contributed by atoms with Crippen LogP contribution in [0.15, 0.2) is 30.3 Å². The summed E-state index contributed by atoms with van der Waals surface area (Å²) in [6, 6.07) is 9.97. The molecule has 0 fully saturated rings. The molecule has 1 aromatic carbocycles. The predicted molar refractivity (Wildman–Crippen MR) is 75.5 cm³/mol. The van der Waals surface area contributed by atoms with E-state index >= 15 is 0 Å². The van der Waals surface area contributed by atoms with Crippen LogP contribution in [0.25, 0.3) is 0 Å². The standard InChI is InChI=1S/C14H17N3O3/c1-18-11-12(19-2)16-14(17-13(11)20-3)15-9-10-7-5-4-6-8-10/h4-8H,9H2,1-3H3,(H,15,16,17). The van der Waals surface area contributed by atoms with E-state index in [-0.39, 0.29) is 0 Å². The van der Waals surface area contributed by atoms with E-state index in [1.54, 1.807) is 0 Å². The van der Waals surface area contributed by atoms with Gasteiger partial charge in [-0.3, -0.25) is 0 Å². The van der Waals surface area contributed by atoms with Gasteiger partial charge < -0.3 is 19.5 Å². The lowest BCUT2D eigenvalue weighted by Crippen LogP contribution is -2.07. The van der Waals surface area contributed by atoms with Crippen LogP contribution in [0.5, 0.6) is 17.5 Å². The van der Waals surface area contributed by atoms with E-state index in [1.165, 1.54) is 21.3 Å². The van der Waals surface area contributed by atoms with Gasteiger partial charge in [-0.25, -0.2) is 0 Å². The van der Waals surface area contributed by atoms with Gasteiger partial charge in [0, 0.05) is 6.54 Å². The lowest BCUT2D eigenvalue weighted by atomic mass is 10.2. The molecular weight excluding hydrogens is 258 g/mol. The maximum Gasteiger partial charge on any atom is 0.265 e. The van der Waals surface area contributed by atoms with Gasteiger partial charge in [0.1, 0.15) is 0 Å². The summed E-state index contributed by atoms with van der Waals surface area (Å²) in [6.07, 6.45) is 0. The second-order valence-corrected chi connectivity index (χ2v) is 3.94. The fraction of sp³-hybridized carbons (Fsp3) is 0.286. The molecule has 0 radical (unpaired) electrons. The molecule has 0 aliphatic rings. The van der Waals surface area contributed by atoms with Gasteiger partial charge in [0.2, 0.25) is 11.7 Å². The molecular formula is C14H17N3O3. The lowest BCUT2D eigenvalue weighted by Gasteiger charge is -2.12. The minimum absolute atomic E-state index is 0.329. The second kappa shape index (κ2) is 6.60. The Morgan fingerprint density at radius 1 is 0.900 bits per heavy atom. The van der Waals surface area contributed by atoms with Crippen molar-refractivity contribution in [2.24, 2.45) is 0 Å². The Bertz CT molecular complexity index is 536. The SMILES string of the molecule is COc1nc(NCc2ccccc2)nc(OC)c1OC. The van der Waals surface area contributed by atoms with Crippen molar-refractivity contribution in [1.29, 1.82) is 0 Å². The van der Waals surface area contributed by atoms with Crippen molar-refractivity contribution in [1.82, 2.24) is 9.97 Å². The summed E-state index contributed by atoms with van der Waals surface area (Å²) < 4.78 is 15.5. The number of hydrogen-bond donors (Lipinski definition) is 1. The van der Waals surface area contributed by atoms with Gasteiger partial charge in [0.15, 0.2) is 0 Å². The number of benzene rings is 1. The average molecular weight is 275 g/mol. The zero-order chi connectivity index (χ0) is 14.4. The zero-order valence-electron chi connectivity index (χ0n) is 11.7. The molecule has 1 aromatic heterocycles. The Labute approximate surface area is 117 Å². The number of nitrogens with zero attached hydrogens (tertiary/aromatic N) is 2. The number of ether oxygens (including phenoxy) is 3. The summed E-state index contributed by atoms with van der Waals surface area (Å²) >= 11 is 0. The first-order valence-electron chi connectivity index (χ1n) is 6.10. The smallest absolute Gasteiger partial charge is 0.265 e. The summed E-state index contributed by atoms with van der Waals surface area (Å²) in [4.78, 5) is 8.47. The highest BCUT2D eigenvalue weighted by molar-refractivity contribution is 5.47. The number of aromatic nitrogens is 2. The highest BCUT2D eigenvalue weighted by atomic mass is 16.5.